The fraction of sp³-hybridized carbons (Fsp3) is 0.165. The van der Waals surface area contributed by atoms with Gasteiger partial charge in [0.05, 0.1) is 149 Å². The molecule has 0 bridgehead atoms. The van der Waals surface area contributed by atoms with Crippen LogP contribution in [0.25, 0.3) is 115 Å². The Bertz CT molecular complexity index is 6880. The number of benzene rings is 7. The molecule has 2 unspecified atom stereocenters. The third-order valence-electron chi connectivity index (χ3n) is 20.1. The molecule has 35 nitrogen and oxygen atoms in total. The van der Waals surface area contributed by atoms with Crippen LogP contribution in [0.4, 0.5) is 0 Å². The summed E-state index contributed by atoms with van der Waals surface area (Å²) in [4.78, 5) is 118. The van der Waals surface area contributed by atoms with Gasteiger partial charge in [0.2, 0.25) is 11.8 Å². The number of H-pyrrole nitrogens is 4. The number of carbonyl (C=O) groups is 9. The van der Waals surface area contributed by atoms with Crippen LogP contribution in [0.3, 0.4) is 0 Å². The number of carbonyl (C=O) groups excluding carboxylic acids is 8. The predicted molar refractivity (Wildman–Crippen MR) is 501 cm³/mol. The number of aromatic amines is 4. The van der Waals surface area contributed by atoms with E-state index >= 15 is 0 Å². The van der Waals surface area contributed by atoms with Crippen molar-refractivity contribution < 1.29 is 86.5 Å². The summed E-state index contributed by atoms with van der Waals surface area (Å²) in [6.07, 6.45) is 29.0. The molecule has 7 aromatic carbocycles. The number of pyridine rings is 3. The number of nitrogens with zero attached hydrogens (tertiary/aromatic N) is 9. The predicted octanol–water partition coefficient (Wildman–Crippen LogP) is 13.5. The first kappa shape index (κ1) is 95.3. The highest BCUT2D eigenvalue weighted by atomic mass is 16.5. The van der Waals surface area contributed by atoms with Crippen molar-refractivity contribution in [2.24, 2.45) is 18.5 Å². The topological polar surface area (TPSA) is 506 Å². The molecule has 0 aliphatic rings. The van der Waals surface area contributed by atoms with Crippen molar-refractivity contribution >= 4 is 168 Å². The average molecular weight is 1780 g/mol. The molecular formula is C97H93N17O18. The van der Waals surface area contributed by atoms with Crippen molar-refractivity contribution in [3.05, 3.63) is 278 Å². The quantitative estimate of drug-likeness (QED) is 0.0154. The molecule has 4 amide bonds. The summed E-state index contributed by atoms with van der Waals surface area (Å²) in [6.45, 7) is 8.07. The first-order valence-corrected chi connectivity index (χ1v) is 40.7. The Hall–Kier alpha value is -17.4. The van der Waals surface area contributed by atoms with Crippen molar-refractivity contribution in [3.8, 4) is 28.7 Å². The molecule has 0 aliphatic carbocycles. The summed E-state index contributed by atoms with van der Waals surface area (Å²) < 4.78 is 39.3. The highest BCUT2D eigenvalue weighted by Gasteiger charge is 2.27. The summed E-state index contributed by atoms with van der Waals surface area (Å²) in [5.41, 5.74) is 24.6. The van der Waals surface area contributed by atoms with E-state index in [0.717, 1.165) is 55.5 Å². The number of aromatic carboxylic acids is 1. The summed E-state index contributed by atoms with van der Waals surface area (Å²) >= 11 is 0. The molecular weight excluding hydrogens is 1690 g/mol. The normalized spacial score (nSPS) is 11.6. The highest BCUT2D eigenvalue weighted by molar-refractivity contribution is 6.10. The molecule has 15 rings (SSSR count). The Morgan fingerprint density at radius 2 is 0.712 bits per heavy atom. The van der Waals surface area contributed by atoms with Gasteiger partial charge >= 0.3 is 17.9 Å². The zero-order chi connectivity index (χ0) is 94.7. The summed E-state index contributed by atoms with van der Waals surface area (Å²) in [7, 11) is 9.26. The molecule has 0 radical (unpaired) electrons. The number of amides is 4. The number of aliphatic hydroxyl groups is 1. The lowest BCUT2D eigenvalue weighted by atomic mass is 10.1. The van der Waals surface area contributed by atoms with E-state index in [0.29, 0.717) is 114 Å². The molecule has 12 N–H and O–H groups in total. The van der Waals surface area contributed by atoms with Crippen LogP contribution in [0, 0.1) is 0 Å². The maximum Gasteiger partial charge on any atom is 0.341 e. The van der Waals surface area contributed by atoms with Crippen LogP contribution >= 0.6 is 0 Å². The molecule has 0 spiro atoms. The molecule has 8 heterocycles. The minimum Gasteiger partial charge on any atom is -0.495 e. The van der Waals surface area contributed by atoms with Crippen LogP contribution in [-0.2, 0) is 26.1 Å². The lowest BCUT2D eigenvalue weighted by Gasteiger charge is -2.15. The van der Waals surface area contributed by atoms with E-state index < -0.39 is 60.2 Å². The number of ether oxygens (including phenoxy) is 7. The number of carboxylic acid groups (broad SMARTS) is 1. The zero-order valence-corrected chi connectivity index (χ0v) is 73.5. The van der Waals surface area contributed by atoms with Crippen LogP contribution < -0.4 is 45.8 Å². The number of carboxylic acids is 1. The monoisotopic (exact) mass is 1780 g/mol. The number of aryl methyl sites for hydroxylation is 1. The number of rotatable bonds is 29. The van der Waals surface area contributed by atoms with Crippen molar-refractivity contribution in [2.45, 2.75) is 46.7 Å². The minimum absolute atomic E-state index is 0.00582. The Morgan fingerprint density at radius 1 is 0.402 bits per heavy atom. The van der Waals surface area contributed by atoms with E-state index in [4.69, 9.17) is 44.6 Å². The van der Waals surface area contributed by atoms with Gasteiger partial charge in [0.15, 0.2) is 11.6 Å². The molecule has 15 aromatic rings. The van der Waals surface area contributed by atoms with Crippen LogP contribution in [0.1, 0.15) is 163 Å². The van der Waals surface area contributed by atoms with Crippen LogP contribution in [0.15, 0.2) is 183 Å². The number of nitrogens with two attached hydrogens (primary N) is 2. The van der Waals surface area contributed by atoms with E-state index in [1.807, 2.05) is 128 Å². The summed E-state index contributed by atoms with van der Waals surface area (Å²) in [6, 6.07) is 40.2. The Balaban J connectivity index is 0.000000160. The second-order valence-electron chi connectivity index (χ2n) is 28.6. The summed E-state index contributed by atoms with van der Waals surface area (Å²) in [5, 5.41) is 60.0. The van der Waals surface area contributed by atoms with Crippen LogP contribution in [0.2, 0.25) is 0 Å². The molecule has 0 saturated heterocycles. The van der Waals surface area contributed by atoms with Gasteiger partial charge in [-0.25, -0.2) is 14.4 Å². The molecule has 0 fully saturated rings. The van der Waals surface area contributed by atoms with E-state index in [1.54, 1.807) is 136 Å². The van der Waals surface area contributed by atoms with Gasteiger partial charge in [-0.3, -0.25) is 68.8 Å². The van der Waals surface area contributed by atoms with E-state index in [9.17, 15) is 53.4 Å². The van der Waals surface area contributed by atoms with E-state index in [1.165, 1.54) is 61.3 Å². The average Bonchev–Trinajstić information content (AvgIpc) is 1.59. The second-order valence-corrected chi connectivity index (χ2v) is 28.6. The van der Waals surface area contributed by atoms with Gasteiger partial charge in [-0.1, -0.05) is 78.9 Å². The van der Waals surface area contributed by atoms with Crippen molar-refractivity contribution in [1.29, 1.82) is 0 Å². The number of nitrogens with one attached hydrogen (secondary N) is 6. The molecule has 35 heteroatoms. The summed E-state index contributed by atoms with van der Waals surface area (Å²) in [5.74, 6) is -2.62. The maximum atomic E-state index is 12.7. The SMILES string of the molecule is CCOC(=O)c1ccc2c(c(/C=C/c3ccncc3)nn2C)c1OC.CCOC(=O)c1ccc2n[nH]c(/C=C/c3ccncc3)c2c1OC.COc1c(C(=O)NC(C)C(N)=O)ccc2n[nH]c(/C=C/c3ccc(C(C)=O)cc3)c12.COc1c(C(=O)NC(CO)C(N)=O)ccc2n[nH]c(/C=C/c3ccc(C(C)=O)cc3)c12.COc1c(C(=O)O)ccc2n[nH]c(/C=C/c3ccncc3)c12. The Labute approximate surface area is 754 Å². The van der Waals surface area contributed by atoms with Gasteiger partial charge < -0.3 is 65.5 Å². The van der Waals surface area contributed by atoms with E-state index in [2.05, 4.69) is 71.5 Å². The number of primary amides is 2. The lowest BCUT2D eigenvalue weighted by Crippen LogP contribution is -2.46. The third kappa shape index (κ3) is 23.1. The molecule has 2 atom stereocenters. The Morgan fingerprint density at radius 3 is 1.04 bits per heavy atom. The fourth-order valence-corrected chi connectivity index (χ4v) is 13.5. The number of esters is 2. The lowest BCUT2D eigenvalue weighted by molar-refractivity contribution is -0.121. The molecule has 132 heavy (non-hydrogen) atoms. The molecule has 8 aromatic heterocycles. The van der Waals surface area contributed by atoms with Gasteiger partial charge in [-0.2, -0.15) is 25.5 Å². The molecule has 0 saturated carbocycles. The van der Waals surface area contributed by atoms with E-state index in [-0.39, 0.29) is 34.0 Å². The number of ketones is 2. The number of fused-ring (bicyclic) bond motifs is 5. The third-order valence-corrected chi connectivity index (χ3v) is 20.1. The standard InChI is InChI=1S/C22H22N4O5.C22H22N4O4.C19H19N3O3.C18H17N3O3.C16H13N3O3/c1-12(28)14-6-3-13(4-7-14)5-9-16-19-17(26-25-16)10-8-15(20(19)31-2)22(30)24-18(11-27)21(23)29;1-12(21(23)28)24-22(29)16-9-11-18-19(20(16)30-3)17(25-26-18)10-6-14-4-7-15(8-5-14)13(2)27;1-4-25-19(23)14-6-8-16-17(18(14)24-3)15(21-22(16)2)7-5-13-9-11-20-12-10-13;1-3-24-18(22)13-5-7-15-16(17(13)23-2)14(20-21-15)6-4-12-8-10-19-11-9-12;1-22-15-11(16(20)21)3-5-13-14(15)12(18-19-13)4-2-10-6-8-17-9-7-10/h3-10,18,27H,11H2,1-2H3,(H2,23,29)(H,24,30)(H,25,26);4-12H,1-3H3,(H2,23,28)(H,24,29)(H,25,26);5-12H,4H2,1-3H3;4-11H,3H2,1-2H3,(H,20,21);2-9H,1H3,(H,18,19)(H,20,21)/b9-5+;10-6+;7-5+;6-4+;4-2+. The smallest absolute Gasteiger partial charge is 0.341 e. The van der Waals surface area contributed by atoms with Gasteiger partial charge in [0, 0.05) is 55.4 Å². The number of aromatic nitrogens is 13. The van der Waals surface area contributed by atoms with Gasteiger partial charge in [0.1, 0.15) is 57.5 Å². The number of hydrogen-bond donors (Lipinski definition) is 10. The highest BCUT2D eigenvalue weighted by Crippen LogP contribution is 2.39. The molecule has 674 valence electrons. The first-order valence-electron chi connectivity index (χ1n) is 40.7. The van der Waals surface area contributed by atoms with Crippen LogP contribution in [-0.4, -0.2) is 196 Å². The first-order chi connectivity index (χ1) is 63.8. The Kier molecular flexibility index (Phi) is 32.6. The number of hydrogen-bond acceptors (Lipinski definition) is 25. The minimum atomic E-state index is -1.21. The molecule has 0 aliphatic heterocycles. The van der Waals surface area contributed by atoms with Crippen molar-refractivity contribution in [2.75, 3.05) is 55.4 Å². The fourth-order valence-electron chi connectivity index (χ4n) is 13.5. The number of methoxy groups -OCH3 is 5. The van der Waals surface area contributed by atoms with Crippen molar-refractivity contribution in [3.63, 3.8) is 0 Å². The van der Waals surface area contributed by atoms with Gasteiger partial charge in [-0.05, 0) is 190 Å². The van der Waals surface area contributed by atoms with Gasteiger partial charge in [0.25, 0.3) is 11.8 Å². The van der Waals surface area contributed by atoms with Gasteiger partial charge in [-0.15, -0.1) is 0 Å². The van der Waals surface area contributed by atoms with Crippen LogP contribution in [0.5, 0.6) is 28.7 Å². The maximum absolute atomic E-state index is 12.7. The largest absolute Gasteiger partial charge is 0.495 e. The van der Waals surface area contributed by atoms with Crippen molar-refractivity contribution in [1.82, 2.24) is 76.2 Å². The second kappa shape index (κ2) is 45.2. The number of aliphatic hydroxyl groups excluding tert-OH is 1. The number of Topliss-reactive ketones (excluding diaryl/α,β-unsaturated/α-hetero) is 2. The zero-order valence-electron chi connectivity index (χ0n) is 73.5.